The number of primary sulfonamides is 1. The van der Waals surface area contributed by atoms with E-state index in [1.165, 1.54) is 30.3 Å². The third kappa shape index (κ3) is 5.90. The Balaban J connectivity index is 1.43. The van der Waals surface area contributed by atoms with Gasteiger partial charge < -0.3 is 10.1 Å². The highest BCUT2D eigenvalue weighted by Gasteiger charge is 2.29. The maximum absolute atomic E-state index is 12.0. The molecule has 0 saturated carbocycles. The number of anilines is 1. The molecule has 1 heterocycles. The van der Waals surface area contributed by atoms with Gasteiger partial charge in [-0.15, -0.1) is 0 Å². The predicted octanol–water partition coefficient (Wildman–Crippen LogP) is 0.335. The number of fused-ring (bicyclic) bond motifs is 1. The van der Waals surface area contributed by atoms with Crippen LogP contribution in [0.3, 0.4) is 0 Å². The van der Waals surface area contributed by atoms with Crippen molar-refractivity contribution in [3.63, 3.8) is 0 Å². The summed E-state index contributed by atoms with van der Waals surface area (Å²) in [7, 11) is -7.53. The van der Waals surface area contributed by atoms with Crippen molar-refractivity contribution in [2.75, 3.05) is 18.5 Å². The number of esters is 1. The smallest absolute Gasteiger partial charge is 0.306 e. The summed E-state index contributed by atoms with van der Waals surface area (Å²) in [4.78, 5) is 27.9. The van der Waals surface area contributed by atoms with E-state index in [-0.39, 0.29) is 40.7 Å². The third-order valence-corrected chi connectivity index (χ3v) is 6.59. The Morgan fingerprint density at radius 2 is 1.88 bits per heavy atom. The monoisotopic (exact) mass is 480 g/mol. The first kappa shape index (κ1) is 23.4. The highest BCUT2D eigenvalue weighted by molar-refractivity contribution is 7.90. The fraction of sp³-hybridized carbons (Fsp3) is 0.211. The molecule has 2 aromatic carbocycles. The Kier molecular flexibility index (Phi) is 6.91. The van der Waals surface area contributed by atoms with Crippen LogP contribution in [0.15, 0.2) is 63.3 Å². The van der Waals surface area contributed by atoms with Crippen LogP contribution >= 0.6 is 0 Å². The van der Waals surface area contributed by atoms with Crippen molar-refractivity contribution >= 4 is 43.4 Å². The SMILES string of the molecule is NS(=O)(=O)c1cccc(NC(=O)COC(=O)CCCN=C2NS(=O)(=O)c3ccccc32)c1. The van der Waals surface area contributed by atoms with Crippen molar-refractivity contribution in [2.45, 2.75) is 22.6 Å². The number of hydrogen-bond acceptors (Lipinski definition) is 8. The van der Waals surface area contributed by atoms with E-state index in [1.54, 1.807) is 18.2 Å². The van der Waals surface area contributed by atoms with E-state index in [1.807, 2.05) is 0 Å². The van der Waals surface area contributed by atoms with Gasteiger partial charge in [0.15, 0.2) is 6.61 Å². The zero-order chi connectivity index (χ0) is 23.4. The molecule has 32 heavy (non-hydrogen) atoms. The van der Waals surface area contributed by atoms with Crippen LogP contribution in [0.4, 0.5) is 5.69 Å². The van der Waals surface area contributed by atoms with E-state index in [4.69, 9.17) is 9.88 Å². The standard InChI is InChI=1S/C19H20N4O7S2/c20-31(26,27)14-6-3-5-13(11-14)22-17(24)12-30-18(25)9-4-10-21-19-15-7-1-2-8-16(15)32(28,29)23-19/h1-3,5-8,11H,4,9-10,12H2,(H,21,23)(H,22,24)(H2,20,26,27). The number of nitrogens with zero attached hydrogens (tertiary/aromatic N) is 1. The third-order valence-electron chi connectivity index (χ3n) is 4.28. The topological polar surface area (TPSA) is 174 Å². The molecule has 13 heteroatoms. The molecule has 170 valence electrons. The molecular weight excluding hydrogens is 460 g/mol. The number of hydrogen-bond donors (Lipinski definition) is 3. The zero-order valence-electron chi connectivity index (χ0n) is 16.6. The Morgan fingerprint density at radius 1 is 1.12 bits per heavy atom. The van der Waals surface area contributed by atoms with Crippen molar-refractivity contribution < 1.29 is 31.2 Å². The van der Waals surface area contributed by atoms with E-state index in [9.17, 15) is 26.4 Å². The van der Waals surface area contributed by atoms with Gasteiger partial charge in [-0.3, -0.25) is 19.3 Å². The summed E-state index contributed by atoms with van der Waals surface area (Å²) >= 11 is 0. The fourth-order valence-corrected chi connectivity index (χ4v) is 4.64. The summed E-state index contributed by atoms with van der Waals surface area (Å²) in [5, 5.41) is 7.44. The van der Waals surface area contributed by atoms with Gasteiger partial charge in [-0.25, -0.2) is 22.0 Å². The lowest BCUT2D eigenvalue weighted by Crippen LogP contribution is -2.22. The van der Waals surface area contributed by atoms with E-state index < -0.39 is 38.5 Å². The van der Waals surface area contributed by atoms with Crippen molar-refractivity contribution in [3.8, 4) is 0 Å². The first-order valence-electron chi connectivity index (χ1n) is 9.31. The highest BCUT2D eigenvalue weighted by Crippen LogP contribution is 2.22. The lowest BCUT2D eigenvalue weighted by atomic mass is 10.2. The first-order valence-corrected chi connectivity index (χ1v) is 12.3. The Morgan fingerprint density at radius 3 is 2.62 bits per heavy atom. The van der Waals surface area contributed by atoms with Gasteiger partial charge in [-0.2, -0.15) is 0 Å². The number of amides is 1. The van der Waals surface area contributed by atoms with Gasteiger partial charge in [0, 0.05) is 24.2 Å². The van der Waals surface area contributed by atoms with Gasteiger partial charge in [0.25, 0.3) is 15.9 Å². The van der Waals surface area contributed by atoms with Crippen molar-refractivity contribution in [2.24, 2.45) is 10.1 Å². The second-order valence-corrected chi connectivity index (χ2v) is 9.93. The van der Waals surface area contributed by atoms with Crippen LogP contribution in [-0.4, -0.2) is 47.7 Å². The number of amidine groups is 1. The molecule has 1 aliphatic heterocycles. The summed E-state index contributed by atoms with van der Waals surface area (Å²) in [6, 6.07) is 11.8. The molecule has 0 aromatic heterocycles. The number of carbonyl (C=O) groups is 2. The predicted molar refractivity (Wildman–Crippen MR) is 115 cm³/mol. The second kappa shape index (κ2) is 9.46. The fourth-order valence-electron chi connectivity index (χ4n) is 2.83. The van der Waals surface area contributed by atoms with E-state index in [0.29, 0.717) is 5.56 Å². The largest absolute Gasteiger partial charge is 0.456 e. The molecule has 3 rings (SSSR count). The maximum atomic E-state index is 12.0. The van der Waals surface area contributed by atoms with Gasteiger partial charge in [-0.1, -0.05) is 18.2 Å². The molecular formula is C19H20N4O7S2. The molecule has 2 aromatic rings. The number of aliphatic imine (C=N–C) groups is 1. The molecule has 11 nitrogen and oxygen atoms in total. The maximum Gasteiger partial charge on any atom is 0.306 e. The first-order chi connectivity index (χ1) is 15.1. The molecule has 0 radical (unpaired) electrons. The molecule has 0 aliphatic carbocycles. The number of ether oxygens (including phenoxy) is 1. The number of rotatable bonds is 8. The molecule has 0 saturated heterocycles. The zero-order valence-corrected chi connectivity index (χ0v) is 18.3. The minimum Gasteiger partial charge on any atom is -0.456 e. The van der Waals surface area contributed by atoms with Crippen molar-refractivity contribution in [3.05, 3.63) is 54.1 Å². The minimum absolute atomic E-state index is 0.0284. The summed E-state index contributed by atoms with van der Waals surface area (Å²) in [5.41, 5.74) is 0.658. The highest BCUT2D eigenvalue weighted by atomic mass is 32.2. The molecule has 0 atom stereocenters. The molecule has 0 fully saturated rings. The van der Waals surface area contributed by atoms with Gasteiger partial charge in [0.1, 0.15) is 5.84 Å². The average Bonchev–Trinajstić information content (AvgIpc) is 3.00. The molecule has 0 unspecified atom stereocenters. The lowest BCUT2D eigenvalue weighted by molar-refractivity contribution is -0.147. The molecule has 0 bridgehead atoms. The summed E-state index contributed by atoms with van der Waals surface area (Å²) in [5.74, 6) is -1.07. The molecule has 4 N–H and O–H groups in total. The Hall–Kier alpha value is -3.29. The van der Waals surface area contributed by atoms with E-state index in [2.05, 4.69) is 15.0 Å². The normalized spacial score (nSPS) is 15.6. The van der Waals surface area contributed by atoms with Gasteiger partial charge in [0.2, 0.25) is 10.0 Å². The number of nitrogens with two attached hydrogens (primary N) is 1. The molecule has 1 aliphatic rings. The number of sulfonamides is 2. The quantitative estimate of drug-likeness (QED) is 0.360. The Labute approximate surface area is 184 Å². The summed E-state index contributed by atoms with van der Waals surface area (Å²) < 4.78 is 54.0. The molecule has 1 amide bonds. The van der Waals surface area contributed by atoms with E-state index >= 15 is 0 Å². The Bertz CT molecular complexity index is 1290. The van der Waals surface area contributed by atoms with E-state index in [0.717, 1.165) is 0 Å². The van der Waals surface area contributed by atoms with Crippen LogP contribution < -0.4 is 15.2 Å². The number of nitrogens with one attached hydrogen (secondary N) is 2. The average molecular weight is 481 g/mol. The number of benzene rings is 2. The minimum atomic E-state index is -3.91. The molecule has 0 spiro atoms. The number of carbonyl (C=O) groups excluding carboxylic acids is 2. The van der Waals surface area contributed by atoms with Gasteiger partial charge in [-0.05, 0) is 36.8 Å². The van der Waals surface area contributed by atoms with Gasteiger partial charge >= 0.3 is 5.97 Å². The van der Waals surface area contributed by atoms with Crippen LogP contribution in [0, 0.1) is 0 Å². The van der Waals surface area contributed by atoms with Crippen molar-refractivity contribution in [1.29, 1.82) is 0 Å². The summed E-state index contributed by atoms with van der Waals surface area (Å²) in [6.45, 7) is -0.381. The second-order valence-electron chi connectivity index (χ2n) is 6.72. The van der Waals surface area contributed by atoms with Crippen LogP contribution in [0.25, 0.3) is 0 Å². The van der Waals surface area contributed by atoms with Gasteiger partial charge in [0.05, 0.1) is 9.79 Å². The van der Waals surface area contributed by atoms with Crippen molar-refractivity contribution in [1.82, 2.24) is 4.72 Å². The van der Waals surface area contributed by atoms with Crippen LogP contribution in [0.1, 0.15) is 18.4 Å². The van der Waals surface area contributed by atoms with Crippen LogP contribution in [0.2, 0.25) is 0 Å². The van der Waals surface area contributed by atoms with Crippen LogP contribution in [0.5, 0.6) is 0 Å². The van der Waals surface area contributed by atoms with Crippen LogP contribution in [-0.2, 0) is 34.4 Å². The lowest BCUT2D eigenvalue weighted by Gasteiger charge is -2.07. The summed E-state index contributed by atoms with van der Waals surface area (Å²) in [6.07, 6.45) is 0.254.